The van der Waals surface area contributed by atoms with Gasteiger partial charge in [0.05, 0.1) is 12.6 Å². The van der Waals surface area contributed by atoms with Crippen molar-refractivity contribution in [3.8, 4) is 11.5 Å². The molecular formula is C23H21NO3. The van der Waals surface area contributed by atoms with E-state index in [4.69, 9.17) is 9.47 Å². The van der Waals surface area contributed by atoms with E-state index in [9.17, 15) is 4.79 Å². The quantitative estimate of drug-likeness (QED) is 0.637. The van der Waals surface area contributed by atoms with Crippen LogP contribution in [0.25, 0.3) is 0 Å². The molecule has 136 valence electrons. The average Bonchev–Trinajstić information content (AvgIpc) is 3.08. The Morgan fingerprint density at radius 3 is 2.41 bits per heavy atom. The second-order valence-corrected chi connectivity index (χ2v) is 6.39. The number of rotatable bonds is 6. The summed E-state index contributed by atoms with van der Waals surface area (Å²) in [5.74, 6) is 1.54. The maximum atomic E-state index is 13.1. The third-order valence-electron chi connectivity index (χ3n) is 4.61. The lowest BCUT2D eigenvalue weighted by atomic mass is 9.96. The number of carbonyl (C=O) groups excluding carboxylic acids is 1. The minimum atomic E-state index is -0.614. The molecule has 3 aromatic rings. The van der Waals surface area contributed by atoms with Crippen LogP contribution in [0.2, 0.25) is 0 Å². The standard InChI is InChI=1S/C23H21NO3/c1-2-26-18-14-12-17(13-15-18)24-21-19-10-6-7-11-20(19)27-23(21)22(25)16-8-4-3-5-9-16/h3-15,21,23-24H,2H2,1H3. The second kappa shape index (κ2) is 7.54. The van der Waals surface area contributed by atoms with Gasteiger partial charge in [0, 0.05) is 16.8 Å². The first-order valence-electron chi connectivity index (χ1n) is 9.10. The minimum Gasteiger partial charge on any atom is -0.494 e. The number of ketones is 1. The highest BCUT2D eigenvalue weighted by Gasteiger charge is 2.39. The molecule has 0 aromatic heterocycles. The Morgan fingerprint density at radius 1 is 0.963 bits per heavy atom. The summed E-state index contributed by atoms with van der Waals surface area (Å²) in [4.78, 5) is 13.1. The van der Waals surface area contributed by atoms with E-state index in [2.05, 4.69) is 5.32 Å². The van der Waals surface area contributed by atoms with Crippen LogP contribution in [0.5, 0.6) is 11.5 Å². The molecule has 4 nitrogen and oxygen atoms in total. The number of anilines is 1. The van der Waals surface area contributed by atoms with Crippen molar-refractivity contribution in [3.05, 3.63) is 90.0 Å². The van der Waals surface area contributed by atoms with Crippen molar-refractivity contribution in [3.63, 3.8) is 0 Å². The van der Waals surface area contributed by atoms with Crippen molar-refractivity contribution < 1.29 is 14.3 Å². The smallest absolute Gasteiger partial charge is 0.205 e. The molecule has 27 heavy (non-hydrogen) atoms. The fourth-order valence-corrected chi connectivity index (χ4v) is 3.33. The first-order valence-corrected chi connectivity index (χ1v) is 9.10. The van der Waals surface area contributed by atoms with Gasteiger partial charge < -0.3 is 14.8 Å². The summed E-state index contributed by atoms with van der Waals surface area (Å²) < 4.78 is 11.5. The number of para-hydroxylation sites is 1. The number of carbonyl (C=O) groups is 1. The zero-order chi connectivity index (χ0) is 18.6. The van der Waals surface area contributed by atoms with E-state index in [1.807, 2.05) is 85.8 Å². The van der Waals surface area contributed by atoms with Crippen LogP contribution >= 0.6 is 0 Å². The van der Waals surface area contributed by atoms with E-state index in [1.165, 1.54) is 0 Å². The predicted molar refractivity (Wildman–Crippen MR) is 106 cm³/mol. The van der Waals surface area contributed by atoms with Crippen molar-refractivity contribution in [2.24, 2.45) is 0 Å². The van der Waals surface area contributed by atoms with Gasteiger partial charge in [-0.1, -0.05) is 48.5 Å². The molecule has 1 heterocycles. The number of ether oxygens (including phenoxy) is 2. The molecule has 4 heteroatoms. The lowest BCUT2D eigenvalue weighted by Crippen LogP contribution is -2.33. The van der Waals surface area contributed by atoms with Gasteiger partial charge in [-0.05, 0) is 37.3 Å². The van der Waals surface area contributed by atoms with Crippen LogP contribution in [0, 0.1) is 0 Å². The molecule has 0 saturated carbocycles. The van der Waals surface area contributed by atoms with Crippen LogP contribution < -0.4 is 14.8 Å². The maximum Gasteiger partial charge on any atom is 0.205 e. The molecule has 4 rings (SSSR count). The summed E-state index contributed by atoms with van der Waals surface area (Å²) in [6, 6.07) is 24.5. The van der Waals surface area contributed by atoms with Crippen molar-refractivity contribution in [1.82, 2.24) is 0 Å². The highest BCUT2D eigenvalue weighted by Crippen LogP contribution is 2.39. The minimum absolute atomic E-state index is 0.0322. The molecule has 0 amide bonds. The highest BCUT2D eigenvalue weighted by atomic mass is 16.5. The Morgan fingerprint density at radius 2 is 1.67 bits per heavy atom. The van der Waals surface area contributed by atoms with Gasteiger partial charge >= 0.3 is 0 Å². The summed E-state index contributed by atoms with van der Waals surface area (Å²) in [6.07, 6.45) is -0.614. The van der Waals surface area contributed by atoms with Gasteiger partial charge in [0.1, 0.15) is 11.5 Å². The molecule has 0 saturated heterocycles. The Hall–Kier alpha value is -3.27. The van der Waals surface area contributed by atoms with E-state index in [1.54, 1.807) is 0 Å². The number of fused-ring (bicyclic) bond motifs is 1. The molecular weight excluding hydrogens is 338 g/mol. The Bertz CT molecular complexity index is 922. The Labute approximate surface area is 158 Å². The number of Topliss-reactive ketones (excluding diaryl/α,β-unsaturated/α-hetero) is 1. The summed E-state index contributed by atoms with van der Waals surface area (Å²) >= 11 is 0. The largest absolute Gasteiger partial charge is 0.494 e. The zero-order valence-corrected chi connectivity index (χ0v) is 15.1. The fourth-order valence-electron chi connectivity index (χ4n) is 3.33. The lowest BCUT2D eigenvalue weighted by molar-refractivity contribution is 0.0802. The van der Waals surface area contributed by atoms with Crippen LogP contribution in [-0.4, -0.2) is 18.5 Å². The first-order chi connectivity index (χ1) is 13.3. The SMILES string of the molecule is CCOc1ccc(NC2c3ccccc3OC2C(=O)c2ccccc2)cc1. The van der Waals surface area contributed by atoms with Gasteiger partial charge in [-0.3, -0.25) is 4.79 Å². The third-order valence-corrected chi connectivity index (χ3v) is 4.61. The van der Waals surface area contributed by atoms with Crippen molar-refractivity contribution in [2.45, 2.75) is 19.1 Å². The normalized spacial score (nSPS) is 17.7. The predicted octanol–water partition coefficient (Wildman–Crippen LogP) is 4.88. The molecule has 1 aliphatic rings. The monoisotopic (exact) mass is 359 g/mol. The van der Waals surface area contributed by atoms with Gasteiger partial charge in [0.2, 0.25) is 5.78 Å². The van der Waals surface area contributed by atoms with Gasteiger partial charge in [0.15, 0.2) is 6.10 Å². The maximum absolute atomic E-state index is 13.1. The number of hydrogen-bond donors (Lipinski definition) is 1. The lowest BCUT2D eigenvalue weighted by Gasteiger charge is -2.21. The summed E-state index contributed by atoms with van der Waals surface area (Å²) in [7, 11) is 0. The summed E-state index contributed by atoms with van der Waals surface area (Å²) in [6.45, 7) is 2.59. The molecule has 2 unspecified atom stereocenters. The van der Waals surface area contributed by atoms with E-state index in [0.717, 1.165) is 22.7 Å². The molecule has 3 aromatic carbocycles. The molecule has 0 radical (unpaired) electrons. The van der Waals surface area contributed by atoms with Crippen LogP contribution in [0.1, 0.15) is 28.9 Å². The van der Waals surface area contributed by atoms with Gasteiger partial charge in [-0.25, -0.2) is 0 Å². The molecule has 0 bridgehead atoms. The molecule has 0 fully saturated rings. The number of benzene rings is 3. The van der Waals surface area contributed by atoms with Crippen LogP contribution in [0.15, 0.2) is 78.9 Å². The van der Waals surface area contributed by atoms with E-state index >= 15 is 0 Å². The average molecular weight is 359 g/mol. The van der Waals surface area contributed by atoms with E-state index in [-0.39, 0.29) is 11.8 Å². The van der Waals surface area contributed by atoms with E-state index < -0.39 is 6.10 Å². The molecule has 2 atom stereocenters. The highest BCUT2D eigenvalue weighted by molar-refractivity contribution is 6.01. The Balaban J connectivity index is 1.62. The first kappa shape index (κ1) is 17.2. The van der Waals surface area contributed by atoms with E-state index in [0.29, 0.717) is 12.2 Å². The summed E-state index contributed by atoms with van der Waals surface area (Å²) in [5.41, 5.74) is 2.55. The molecule has 0 aliphatic carbocycles. The topological polar surface area (TPSA) is 47.6 Å². The van der Waals surface area contributed by atoms with Crippen LogP contribution in [0.4, 0.5) is 5.69 Å². The summed E-state index contributed by atoms with van der Waals surface area (Å²) in [5, 5.41) is 3.47. The van der Waals surface area contributed by atoms with Crippen molar-refractivity contribution in [1.29, 1.82) is 0 Å². The molecule has 1 aliphatic heterocycles. The zero-order valence-electron chi connectivity index (χ0n) is 15.1. The third kappa shape index (κ3) is 3.51. The number of nitrogens with one attached hydrogen (secondary N) is 1. The van der Waals surface area contributed by atoms with Crippen LogP contribution in [-0.2, 0) is 0 Å². The molecule has 1 N–H and O–H groups in total. The molecule has 0 spiro atoms. The Kier molecular flexibility index (Phi) is 4.79. The van der Waals surface area contributed by atoms with Crippen molar-refractivity contribution >= 4 is 11.5 Å². The van der Waals surface area contributed by atoms with Gasteiger partial charge in [-0.2, -0.15) is 0 Å². The fraction of sp³-hybridized carbons (Fsp3) is 0.174. The van der Waals surface area contributed by atoms with Gasteiger partial charge in [0.25, 0.3) is 0 Å². The van der Waals surface area contributed by atoms with Gasteiger partial charge in [-0.15, -0.1) is 0 Å². The van der Waals surface area contributed by atoms with Crippen molar-refractivity contribution in [2.75, 3.05) is 11.9 Å². The van der Waals surface area contributed by atoms with Crippen LogP contribution in [0.3, 0.4) is 0 Å². The second-order valence-electron chi connectivity index (χ2n) is 6.39. The number of hydrogen-bond acceptors (Lipinski definition) is 4.